The van der Waals surface area contributed by atoms with E-state index in [1.165, 1.54) is 7.11 Å². The second-order valence-electron chi connectivity index (χ2n) is 18.5. The van der Waals surface area contributed by atoms with Crippen LogP contribution in [0.5, 0.6) is 0 Å². The molecule has 5 heterocycles. The Labute approximate surface area is 336 Å². The van der Waals surface area contributed by atoms with Gasteiger partial charge in [0.2, 0.25) is 11.7 Å². The molecule has 0 radical (unpaired) electrons. The molecule has 18 atom stereocenters. The molecule has 322 valence electrons. The van der Waals surface area contributed by atoms with Crippen LogP contribution >= 0.6 is 0 Å². The highest BCUT2D eigenvalue weighted by molar-refractivity contribution is 5.84. The van der Waals surface area contributed by atoms with Crippen molar-refractivity contribution in [2.24, 2.45) is 41.4 Å². The number of methoxy groups -OCH3 is 1. The fourth-order valence-corrected chi connectivity index (χ4v) is 10.9. The number of aliphatic hydroxyl groups is 2. The molecule has 12 nitrogen and oxygen atoms in total. The van der Waals surface area contributed by atoms with Gasteiger partial charge in [0, 0.05) is 37.2 Å². The van der Waals surface area contributed by atoms with E-state index >= 15 is 0 Å². The average molecular weight is 794 g/mol. The van der Waals surface area contributed by atoms with Crippen LogP contribution in [0.3, 0.4) is 0 Å². The number of Topliss-reactive ketones (excluding diaryl/α,β-unsaturated/α-hetero) is 1. The Morgan fingerprint density at radius 1 is 0.911 bits per heavy atom. The summed E-state index contributed by atoms with van der Waals surface area (Å²) in [5.41, 5.74) is 0.937. The molecule has 0 saturated carbocycles. The summed E-state index contributed by atoms with van der Waals surface area (Å²) < 4.78 is 40.4. The van der Waals surface area contributed by atoms with E-state index in [9.17, 15) is 19.8 Å². The summed E-state index contributed by atoms with van der Waals surface area (Å²) in [6.07, 6.45) is 7.56. The third-order valence-electron chi connectivity index (χ3n) is 14.9. The van der Waals surface area contributed by atoms with Gasteiger partial charge in [0.1, 0.15) is 11.9 Å². The van der Waals surface area contributed by atoms with Gasteiger partial charge in [0.15, 0.2) is 5.79 Å². The van der Waals surface area contributed by atoms with Crippen LogP contribution in [0.1, 0.15) is 133 Å². The lowest BCUT2D eigenvalue weighted by atomic mass is 9.72. The molecular weight excluding hydrogens is 718 g/mol. The van der Waals surface area contributed by atoms with E-state index < -0.39 is 52.9 Å². The van der Waals surface area contributed by atoms with Crippen LogP contribution in [-0.2, 0) is 42.8 Å². The van der Waals surface area contributed by atoms with Crippen molar-refractivity contribution >= 4 is 11.7 Å². The summed E-state index contributed by atoms with van der Waals surface area (Å²) in [5.74, 6) is -4.27. The third-order valence-corrected chi connectivity index (χ3v) is 14.9. The van der Waals surface area contributed by atoms with E-state index in [0.29, 0.717) is 44.9 Å². The van der Waals surface area contributed by atoms with Gasteiger partial charge in [-0.25, -0.2) is 5.48 Å². The number of carbonyl (C=O) groups excluding carboxylic acids is 2. The lowest BCUT2D eigenvalue weighted by Gasteiger charge is -2.54. The highest BCUT2D eigenvalue weighted by Gasteiger charge is 2.63. The lowest BCUT2D eigenvalue weighted by Crippen LogP contribution is -2.63. The maximum Gasteiger partial charge on any atom is 0.249 e. The third kappa shape index (κ3) is 8.57. The van der Waals surface area contributed by atoms with Gasteiger partial charge >= 0.3 is 0 Å². The number of ether oxygens (including phenoxy) is 6. The number of hydrogen-bond acceptors (Lipinski definition) is 11. The fourth-order valence-electron chi connectivity index (χ4n) is 10.9. The van der Waals surface area contributed by atoms with Gasteiger partial charge in [0.25, 0.3) is 0 Å². The van der Waals surface area contributed by atoms with E-state index in [-0.39, 0.29) is 65.7 Å². The Kier molecular flexibility index (Phi) is 14.7. The predicted molar refractivity (Wildman–Crippen MR) is 211 cm³/mol. The van der Waals surface area contributed by atoms with Crippen molar-refractivity contribution in [3.8, 4) is 0 Å². The van der Waals surface area contributed by atoms with Crippen LogP contribution in [0, 0.1) is 41.4 Å². The van der Waals surface area contributed by atoms with E-state index in [1.807, 2.05) is 53.7 Å². The molecule has 4 fully saturated rings. The summed E-state index contributed by atoms with van der Waals surface area (Å²) in [4.78, 5) is 32.2. The molecule has 5 aliphatic rings. The van der Waals surface area contributed by atoms with Crippen LogP contribution in [0.25, 0.3) is 0 Å². The summed E-state index contributed by atoms with van der Waals surface area (Å²) in [5, 5.41) is 23.0. The van der Waals surface area contributed by atoms with Crippen molar-refractivity contribution < 1.29 is 53.1 Å². The average Bonchev–Trinajstić information content (AvgIpc) is 3.51. The second kappa shape index (κ2) is 18.0. The van der Waals surface area contributed by atoms with Gasteiger partial charge in [-0.3, -0.25) is 14.4 Å². The minimum absolute atomic E-state index is 0.0381. The zero-order chi connectivity index (χ0) is 41.4. The van der Waals surface area contributed by atoms with Gasteiger partial charge in [0.05, 0.1) is 60.9 Å². The monoisotopic (exact) mass is 794 g/mol. The molecule has 5 rings (SSSR count). The first-order chi connectivity index (χ1) is 26.4. The highest BCUT2D eigenvalue weighted by atomic mass is 16.8. The molecule has 1 amide bonds. The number of amides is 1. The van der Waals surface area contributed by atoms with Gasteiger partial charge in [-0.1, -0.05) is 55.4 Å². The van der Waals surface area contributed by atoms with Crippen LogP contribution in [-0.4, -0.2) is 102 Å². The van der Waals surface area contributed by atoms with Crippen LogP contribution < -0.4 is 5.48 Å². The quantitative estimate of drug-likeness (QED) is 0.132. The number of hydroxylamine groups is 1. The topological polar surface area (TPSA) is 151 Å². The predicted octanol–water partition coefficient (Wildman–Crippen LogP) is 6.44. The van der Waals surface area contributed by atoms with Crippen molar-refractivity contribution in [2.75, 3.05) is 14.2 Å². The number of rotatable bonds is 14. The normalized spacial score (nSPS) is 44.3. The summed E-state index contributed by atoms with van der Waals surface area (Å²) in [6, 6.07) is 0. The maximum absolute atomic E-state index is 14.6. The van der Waals surface area contributed by atoms with Crippen molar-refractivity contribution in [3.05, 3.63) is 12.2 Å². The van der Waals surface area contributed by atoms with E-state index in [2.05, 4.69) is 33.2 Å². The van der Waals surface area contributed by atoms with Crippen LogP contribution in [0.15, 0.2) is 12.2 Å². The summed E-state index contributed by atoms with van der Waals surface area (Å²) in [6.45, 7) is 20.1. The molecule has 12 heteroatoms. The minimum Gasteiger partial charge on any atom is -0.392 e. The minimum atomic E-state index is -1.16. The van der Waals surface area contributed by atoms with Crippen LogP contribution in [0.4, 0.5) is 0 Å². The Morgan fingerprint density at radius 2 is 1.61 bits per heavy atom. The maximum atomic E-state index is 14.6. The Balaban J connectivity index is 1.32. The zero-order valence-corrected chi connectivity index (χ0v) is 36.4. The smallest absolute Gasteiger partial charge is 0.249 e. The standard InChI is InChI=1S/C44H75NO11/c1-13-31(40(48)45-51-12)33-17-16-25(4)38(53-33)29(8)36(46)28(7)37(47)32(14-2)39-26(5)24-27(6)43(54-39)21-19-35(50-11)44(56-43)23-22-41(10,55-44)34-18-20-42(49,15-3)30(9)52-34/h19,21,25-36,38-39,46,49H,13-18,20,22-24H2,1-12H3,(H,45,48)/t25-,26-,27+,28-,29-,30-,31+,32-,33+,34+,35?,36+,38+,39?,41-,42+,43-,44?/m0/s1. The number of nitrogens with one attached hydrogen (secondary N) is 1. The SMILES string of the molecule is CC[C@@H](C(=O)[C@@H](C)[C@@H](O)[C@H](C)[C@@H]1O[C@@H]([C@@H](CC)C(=O)NOC)CC[C@@H]1C)C1O[C@]2(C=CC(OC)C3(CC[C@@](C)([C@H]4CC[C@](O)(CC)[C@H](C)O4)O3)O2)[C@H](C)C[C@@H]1C. The molecule has 3 N–H and O–H groups in total. The van der Waals surface area contributed by atoms with Crippen LogP contribution in [0.2, 0.25) is 0 Å². The van der Waals surface area contributed by atoms with E-state index in [1.54, 1.807) is 7.11 Å². The van der Waals surface area contributed by atoms with Gasteiger partial charge in [-0.2, -0.15) is 0 Å². The first kappa shape index (κ1) is 45.6. The second-order valence-corrected chi connectivity index (χ2v) is 18.5. The Hall–Kier alpha value is -1.48. The summed E-state index contributed by atoms with van der Waals surface area (Å²) in [7, 11) is 3.08. The molecular formula is C44H75NO11. The molecule has 0 aliphatic carbocycles. The first-order valence-corrected chi connectivity index (χ1v) is 21.8. The fraction of sp³-hybridized carbons (Fsp3) is 0.909. The van der Waals surface area contributed by atoms with Gasteiger partial charge in [-0.05, 0) is 95.6 Å². The molecule has 5 aliphatic heterocycles. The Morgan fingerprint density at radius 3 is 2.21 bits per heavy atom. The summed E-state index contributed by atoms with van der Waals surface area (Å²) >= 11 is 0. The Bertz CT molecular complexity index is 1380. The number of carbonyl (C=O) groups is 2. The van der Waals surface area contributed by atoms with Crippen molar-refractivity contribution in [3.63, 3.8) is 0 Å². The van der Waals surface area contributed by atoms with Crippen molar-refractivity contribution in [1.82, 2.24) is 5.48 Å². The largest absolute Gasteiger partial charge is 0.392 e. The van der Waals surface area contributed by atoms with E-state index in [4.69, 9.17) is 33.3 Å². The van der Waals surface area contributed by atoms with Gasteiger partial charge < -0.3 is 38.6 Å². The number of hydrogen-bond donors (Lipinski definition) is 3. The molecule has 2 spiro atoms. The molecule has 0 aromatic rings. The molecule has 0 bridgehead atoms. The van der Waals surface area contributed by atoms with Crippen molar-refractivity contribution in [1.29, 1.82) is 0 Å². The van der Waals surface area contributed by atoms with Crippen molar-refractivity contribution in [2.45, 2.75) is 199 Å². The zero-order valence-electron chi connectivity index (χ0n) is 36.4. The number of ketones is 1. The molecule has 56 heavy (non-hydrogen) atoms. The van der Waals surface area contributed by atoms with E-state index in [0.717, 1.165) is 19.3 Å². The highest BCUT2D eigenvalue weighted by Crippen LogP contribution is 2.54. The number of aliphatic hydroxyl groups excluding tert-OH is 1. The molecule has 3 unspecified atom stereocenters. The van der Waals surface area contributed by atoms with Gasteiger partial charge in [-0.15, -0.1) is 0 Å². The molecule has 4 saturated heterocycles. The first-order valence-electron chi connectivity index (χ1n) is 21.8. The lowest BCUT2D eigenvalue weighted by molar-refractivity contribution is -0.410. The molecule has 0 aromatic carbocycles. The molecule has 0 aromatic heterocycles.